The highest BCUT2D eigenvalue weighted by Gasteiger charge is 2.22. The van der Waals surface area contributed by atoms with Gasteiger partial charge in [-0.3, -0.25) is 0 Å². The molecule has 1 aromatic heterocycles. The summed E-state index contributed by atoms with van der Waals surface area (Å²) in [4.78, 5) is 18.5. The van der Waals surface area contributed by atoms with Crippen molar-refractivity contribution in [1.82, 2.24) is 19.8 Å². The largest absolute Gasteiger partial charge is 0.493 e. The Hall–Kier alpha value is -2.70. The van der Waals surface area contributed by atoms with Gasteiger partial charge in [0.1, 0.15) is 5.82 Å². The van der Waals surface area contributed by atoms with Gasteiger partial charge < -0.3 is 24.3 Å². The van der Waals surface area contributed by atoms with Gasteiger partial charge in [0.15, 0.2) is 11.5 Å². The zero-order chi connectivity index (χ0) is 18.5. The topological polar surface area (TPSA) is 68.6 Å². The van der Waals surface area contributed by atoms with Crippen molar-refractivity contribution < 1.29 is 14.3 Å². The number of rotatable bonds is 6. The molecule has 0 aliphatic carbocycles. The second kappa shape index (κ2) is 8.12. The lowest BCUT2D eigenvalue weighted by molar-refractivity contribution is 0.192. The van der Waals surface area contributed by atoms with Crippen molar-refractivity contribution in [3.8, 4) is 11.5 Å². The van der Waals surface area contributed by atoms with Crippen LogP contribution in [-0.4, -0.2) is 47.8 Å². The zero-order valence-corrected chi connectivity index (χ0v) is 15.6. The molecule has 2 amide bonds. The fourth-order valence-electron chi connectivity index (χ4n) is 3.25. The number of ether oxygens (including phenoxy) is 2. The maximum absolute atomic E-state index is 12.5. The van der Waals surface area contributed by atoms with Gasteiger partial charge in [0.05, 0.1) is 14.2 Å². The number of aromatic nitrogens is 2. The van der Waals surface area contributed by atoms with Gasteiger partial charge in [-0.25, -0.2) is 9.78 Å². The van der Waals surface area contributed by atoms with E-state index in [0.717, 1.165) is 36.5 Å². The number of carbonyl (C=O) groups excluding carboxylic acids is 1. The molecule has 0 saturated heterocycles. The Bertz CT molecular complexity index is 772. The average Bonchev–Trinajstić information content (AvgIpc) is 3.08. The molecule has 3 rings (SSSR count). The molecule has 0 spiro atoms. The van der Waals surface area contributed by atoms with Gasteiger partial charge in [-0.2, -0.15) is 0 Å². The summed E-state index contributed by atoms with van der Waals surface area (Å²) in [6.45, 7) is 4.77. The first-order chi connectivity index (χ1) is 12.6. The Kier molecular flexibility index (Phi) is 5.65. The molecule has 7 nitrogen and oxygen atoms in total. The molecule has 1 N–H and O–H groups in total. The normalized spacial score (nSPS) is 13.3. The molecule has 2 aromatic rings. The van der Waals surface area contributed by atoms with Gasteiger partial charge in [-0.15, -0.1) is 0 Å². The number of nitrogens with one attached hydrogen (secondary N) is 1. The van der Waals surface area contributed by atoms with Crippen LogP contribution in [0.15, 0.2) is 24.5 Å². The number of hydrogen-bond donors (Lipinski definition) is 1. The van der Waals surface area contributed by atoms with Crippen molar-refractivity contribution in [2.24, 2.45) is 0 Å². The molecule has 1 aliphatic rings. The van der Waals surface area contributed by atoms with Crippen molar-refractivity contribution in [1.29, 1.82) is 0 Å². The first kappa shape index (κ1) is 18.1. The minimum atomic E-state index is -0.0206. The van der Waals surface area contributed by atoms with Crippen LogP contribution in [0.3, 0.4) is 0 Å². The first-order valence-electron chi connectivity index (χ1n) is 8.86. The lowest BCUT2D eigenvalue weighted by Gasteiger charge is -2.29. The Morgan fingerprint density at radius 3 is 2.62 bits per heavy atom. The molecular formula is C19H26N4O3. The minimum absolute atomic E-state index is 0.0206. The van der Waals surface area contributed by atoms with Gasteiger partial charge >= 0.3 is 6.03 Å². The van der Waals surface area contributed by atoms with Crippen LogP contribution in [0.2, 0.25) is 0 Å². The van der Waals surface area contributed by atoms with Crippen molar-refractivity contribution in [2.45, 2.75) is 32.9 Å². The lowest BCUT2D eigenvalue weighted by Crippen LogP contribution is -2.43. The molecule has 7 heteroatoms. The van der Waals surface area contributed by atoms with Crippen molar-refractivity contribution >= 4 is 6.03 Å². The van der Waals surface area contributed by atoms with Crippen LogP contribution in [-0.2, 0) is 19.5 Å². The third-order valence-electron chi connectivity index (χ3n) is 4.78. The van der Waals surface area contributed by atoms with Crippen LogP contribution in [0.1, 0.15) is 23.4 Å². The van der Waals surface area contributed by atoms with Gasteiger partial charge in [0.2, 0.25) is 0 Å². The highest BCUT2D eigenvalue weighted by atomic mass is 16.5. The fourth-order valence-corrected chi connectivity index (χ4v) is 3.25. The van der Waals surface area contributed by atoms with E-state index in [2.05, 4.69) is 14.9 Å². The second-order valence-corrected chi connectivity index (χ2v) is 6.40. The van der Waals surface area contributed by atoms with E-state index in [4.69, 9.17) is 9.47 Å². The van der Waals surface area contributed by atoms with E-state index in [1.165, 1.54) is 5.56 Å². The first-order valence-corrected chi connectivity index (χ1v) is 8.86. The number of amides is 2. The highest BCUT2D eigenvalue weighted by molar-refractivity contribution is 5.74. The number of fused-ring (bicyclic) bond motifs is 1. The van der Waals surface area contributed by atoms with Crippen LogP contribution in [0.4, 0.5) is 4.79 Å². The number of imidazole rings is 1. The van der Waals surface area contributed by atoms with E-state index >= 15 is 0 Å². The van der Waals surface area contributed by atoms with Crippen molar-refractivity contribution in [3.05, 3.63) is 41.5 Å². The number of urea groups is 1. The summed E-state index contributed by atoms with van der Waals surface area (Å²) in [6, 6.07) is 3.96. The van der Waals surface area contributed by atoms with E-state index in [1.807, 2.05) is 30.2 Å². The maximum Gasteiger partial charge on any atom is 0.317 e. The number of benzene rings is 1. The monoisotopic (exact) mass is 358 g/mol. The van der Waals surface area contributed by atoms with Gasteiger partial charge in [-0.1, -0.05) is 0 Å². The van der Waals surface area contributed by atoms with Crippen molar-refractivity contribution in [3.63, 3.8) is 0 Å². The Morgan fingerprint density at radius 1 is 1.23 bits per heavy atom. The maximum atomic E-state index is 12.5. The second-order valence-electron chi connectivity index (χ2n) is 6.40. The van der Waals surface area contributed by atoms with Crippen LogP contribution in [0.5, 0.6) is 11.5 Å². The van der Waals surface area contributed by atoms with E-state index in [0.29, 0.717) is 25.4 Å². The zero-order valence-electron chi connectivity index (χ0n) is 15.6. The van der Waals surface area contributed by atoms with E-state index in [-0.39, 0.29) is 6.03 Å². The molecule has 0 fully saturated rings. The van der Waals surface area contributed by atoms with Gasteiger partial charge in [-0.05, 0) is 43.0 Å². The Balaban J connectivity index is 1.53. The third kappa shape index (κ3) is 3.92. The molecule has 0 atom stereocenters. The third-order valence-corrected chi connectivity index (χ3v) is 4.78. The minimum Gasteiger partial charge on any atom is -0.493 e. The summed E-state index contributed by atoms with van der Waals surface area (Å²) in [5.41, 5.74) is 2.32. The van der Waals surface area contributed by atoms with Gasteiger partial charge in [0, 0.05) is 38.6 Å². The molecule has 1 aromatic carbocycles. The van der Waals surface area contributed by atoms with Crippen LogP contribution in [0.25, 0.3) is 0 Å². The number of methoxy groups -OCH3 is 2. The number of nitrogens with zero attached hydrogens (tertiary/aromatic N) is 3. The summed E-state index contributed by atoms with van der Waals surface area (Å²) in [6.07, 6.45) is 5.44. The molecule has 1 aliphatic heterocycles. The molecule has 0 bridgehead atoms. The van der Waals surface area contributed by atoms with E-state index in [1.54, 1.807) is 20.4 Å². The number of aryl methyl sites for hydroxylation is 2. The molecular weight excluding hydrogens is 332 g/mol. The Morgan fingerprint density at radius 2 is 1.96 bits per heavy atom. The molecule has 0 unspecified atom stereocenters. The van der Waals surface area contributed by atoms with E-state index in [9.17, 15) is 4.79 Å². The Labute approximate surface area is 153 Å². The van der Waals surface area contributed by atoms with E-state index < -0.39 is 0 Å². The fraction of sp³-hybridized carbons (Fsp3) is 0.474. The number of carbonyl (C=O) groups is 1. The summed E-state index contributed by atoms with van der Waals surface area (Å²) in [7, 11) is 3.26. The number of hydrogen-bond acceptors (Lipinski definition) is 4. The average molecular weight is 358 g/mol. The lowest BCUT2D eigenvalue weighted by atomic mass is 9.99. The predicted octanol–water partition coefficient (Wildman–Crippen LogP) is 2.37. The standard InChI is InChI=1S/C19H26N4O3/c1-14-20-7-10-22(14)8-4-6-21-19(24)23-9-5-15-11-17(25-2)18(26-3)12-16(15)13-23/h7,10-12H,4-6,8-9,13H2,1-3H3,(H,21,24). The summed E-state index contributed by atoms with van der Waals surface area (Å²) < 4.78 is 12.8. The quantitative estimate of drug-likeness (QED) is 0.805. The van der Waals surface area contributed by atoms with Gasteiger partial charge in [0.25, 0.3) is 0 Å². The SMILES string of the molecule is COc1cc2c(cc1OC)CN(C(=O)NCCCn1ccnc1C)CC2. The summed E-state index contributed by atoms with van der Waals surface area (Å²) in [5.74, 6) is 2.43. The van der Waals surface area contributed by atoms with Crippen molar-refractivity contribution in [2.75, 3.05) is 27.3 Å². The van der Waals surface area contributed by atoms with Crippen LogP contribution >= 0.6 is 0 Å². The highest BCUT2D eigenvalue weighted by Crippen LogP contribution is 2.33. The van der Waals surface area contributed by atoms with Crippen LogP contribution < -0.4 is 14.8 Å². The molecule has 2 heterocycles. The summed E-state index contributed by atoms with van der Waals surface area (Å²) in [5, 5.41) is 3.01. The molecule has 26 heavy (non-hydrogen) atoms. The molecule has 0 saturated carbocycles. The molecule has 0 radical (unpaired) electrons. The predicted molar refractivity (Wildman–Crippen MR) is 98.6 cm³/mol. The smallest absolute Gasteiger partial charge is 0.317 e. The molecule has 140 valence electrons. The summed E-state index contributed by atoms with van der Waals surface area (Å²) >= 11 is 0. The van der Waals surface area contributed by atoms with Crippen LogP contribution in [0, 0.1) is 6.92 Å².